The SMILES string of the molecule is CCCCC(CC)COC(=O)[C@H](C)OC(=O)Cl. The highest BCUT2D eigenvalue weighted by Crippen LogP contribution is 2.13. The summed E-state index contributed by atoms with van der Waals surface area (Å²) >= 11 is 5.01. The fraction of sp³-hybridized carbons (Fsp3) is 0.833. The fourth-order valence-electron chi connectivity index (χ4n) is 1.40. The number of ether oxygens (including phenoxy) is 2. The van der Waals surface area contributed by atoms with Crippen molar-refractivity contribution in [2.45, 2.75) is 52.6 Å². The molecule has 0 aliphatic heterocycles. The summed E-state index contributed by atoms with van der Waals surface area (Å²) in [5.41, 5.74) is -0.993. The van der Waals surface area contributed by atoms with Crippen LogP contribution in [0.3, 0.4) is 0 Å². The van der Waals surface area contributed by atoms with Crippen LogP contribution in [-0.2, 0) is 14.3 Å². The highest BCUT2D eigenvalue weighted by Gasteiger charge is 2.19. The van der Waals surface area contributed by atoms with Gasteiger partial charge in [0.1, 0.15) is 0 Å². The second-order valence-corrected chi connectivity index (χ2v) is 4.35. The van der Waals surface area contributed by atoms with E-state index in [-0.39, 0.29) is 0 Å². The molecule has 0 spiro atoms. The lowest BCUT2D eigenvalue weighted by Crippen LogP contribution is -2.26. The van der Waals surface area contributed by atoms with Crippen molar-refractivity contribution in [3.05, 3.63) is 0 Å². The van der Waals surface area contributed by atoms with Gasteiger partial charge < -0.3 is 9.47 Å². The topological polar surface area (TPSA) is 52.6 Å². The number of carbonyl (C=O) groups excluding carboxylic acids is 2. The van der Waals surface area contributed by atoms with Crippen molar-refractivity contribution in [1.29, 1.82) is 0 Å². The first-order valence-corrected chi connectivity index (χ1v) is 6.41. The van der Waals surface area contributed by atoms with E-state index in [2.05, 4.69) is 18.6 Å². The van der Waals surface area contributed by atoms with E-state index in [0.717, 1.165) is 25.7 Å². The zero-order valence-corrected chi connectivity index (χ0v) is 11.5. The van der Waals surface area contributed by atoms with Gasteiger partial charge in [-0.25, -0.2) is 9.59 Å². The smallest absolute Gasteiger partial charge is 0.404 e. The molecule has 0 aliphatic rings. The summed E-state index contributed by atoms with van der Waals surface area (Å²) in [5.74, 6) is -0.174. The van der Waals surface area contributed by atoms with Crippen molar-refractivity contribution in [2.75, 3.05) is 6.61 Å². The van der Waals surface area contributed by atoms with Gasteiger partial charge >= 0.3 is 11.4 Å². The van der Waals surface area contributed by atoms with E-state index in [0.29, 0.717) is 12.5 Å². The minimum Gasteiger partial charge on any atom is -0.463 e. The summed E-state index contributed by atoms with van der Waals surface area (Å²) in [7, 11) is 0. The zero-order chi connectivity index (χ0) is 13.3. The van der Waals surface area contributed by atoms with Crippen LogP contribution in [0.15, 0.2) is 0 Å². The van der Waals surface area contributed by atoms with Crippen LogP contribution in [-0.4, -0.2) is 24.1 Å². The van der Waals surface area contributed by atoms with Crippen molar-refractivity contribution in [3.8, 4) is 0 Å². The van der Waals surface area contributed by atoms with Crippen LogP contribution in [0.4, 0.5) is 4.79 Å². The standard InChI is InChI=1S/C12H21ClO4/c1-4-6-7-10(5-2)8-16-11(14)9(3)17-12(13)15/h9-10H,4-8H2,1-3H3/t9-,10?/m0/s1. The average molecular weight is 265 g/mol. The van der Waals surface area contributed by atoms with E-state index in [1.807, 2.05) is 0 Å². The highest BCUT2D eigenvalue weighted by molar-refractivity contribution is 6.61. The minimum absolute atomic E-state index is 0.373. The van der Waals surface area contributed by atoms with E-state index in [1.165, 1.54) is 6.92 Å². The number of rotatable bonds is 8. The number of halogens is 1. The molecule has 17 heavy (non-hydrogen) atoms. The molecule has 5 heteroatoms. The third-order valence-corrected chi connectivity index (χ3v) is 2.70. The Balaban J connectivity index is 3.90. The average Bonchev–Trinajstić information content (AvgIpc) is 2.28. The molecule has 0 N–H and O–H groups in total. The van der Waals surface area contributed by atoms with Gasteiger partial charge in [-0.2, -0.15) is 0 Å². The first-order chi connectivity index (χ1) is 8.01. The van der Waals surface area contributed by atoms with Crippen LogP contribution in [0.25, 0.3) is 0 Å². The quantitative estimate of drug-likeness (QED) is 0.497. The Bertz CT molecular complexity index is 243. The van der Waals surface area contributed by atoms with E-state index in [9.17, 15) is 9.59 Å². The highest BCUT2D eigenvalue weighted by atomic mass is 35.5. The molecular formula is C12H21ClO4. The number of esters is 1. The van der Waals surface area contributed by atoms with E-state index in [4.69, 9.17) is 16.3 Å². The van der Waals surface area contributed by atoms with E-state index >= 15 is 0 Å². The summed E-state index contributed by atoms with van der Waals surface area (Å²) in [6.07, 6.45) is 3.33. The molecule has 0 fully saturated rings. The summed E-state index contributed by atoms with van der Waals surface area (Å²) in [4.78, 5) is 21.8. The van der Waals surface area contributed by atoms with Gasteiger partial charge in [-0.15, -0.1) is 0 Å². The molecule has 0 aromatic rings. The van der Waals surface area contributed by atoms with Gasteiger partial charge in [-0.3, -0.25) is 0 Å². The molecule has 0 aromatic carbocycles. The maximum absolute atomic E-state index is 11.4. The second kappa shape index (κ2) is 9.28. The fourth-order valence-corrected chi connectivity index (χ4v) is 1.54. The molecule has 0 aliphatic carbocycles. The maximum atomic E-state index is 11.4. The zero-order valence-electron chi connectivity index (χ0n) is 10.7. The lowest BCUT2D eigenvalue weighted by molar-refractivity contribution is -0.153. The number of hydrogen-bond donors (Lipinski definition) is 0. The Morgan fingerprint density at radius 2 is 1.94 bits per heavy atom. The summed E-state index contributed by atoms with van der Waals surface area (Å²) in [6, 6.07) is 0. The molecule has 1 unspecified atom stereocenters. The van der Waals surface area contributed by atoms with Crippen LogP contribution < -0.4 is 0 Å². The lowest BCUT2D eigenvalue weighted by Gasteiger charge is -2.16. The van der Waals surface area contributed by atoms with Crippen LogP contribution in [0.5, 0.6) is 0 Å². The Morgan fingerprint density at radius 1 is 1.29 bits per heavy atom. The number of hydrogen-bond acceptors (Lipinski definition) is 4. The van der Waals surface area contributed by atoms with Crippen LogP contribution >= 0.6 is 11.6 Å². The Morgan fingerprint density at radius 3 is 2.41 bits per heavy atom. The molecule has 0 saturated carbocycles. The Hall–Kier alpha value is -0.770. The molecule has 4 nitrogen and oxygen atoms in total. The van der Waals surface area contributed by atoms with Crippen molar-refractivity contribution >= 4 is 23.0 Å². The molecule has 100 valence electrons. The molecule has 0 radical (unpaired) electrons. The molecular weight excluding hydrogens is 244 g/mol. The van der Waals surface area contributed by atoms with E-state index < -0.39 is 17.5 Å². The first kappa shape index (κ1) is 16.2. The van der Waals surface area contributed by atoms with Gasteiger partial charge in [0.2, 0.25) is 0 Å². The van der Waals surface area contributed by atoms with Gasteiger partial charge in [-0.05, 0) is 19.3 Å². The van der Waals surface area contributed by atoms with Crippen molar-refractivity contribution in [3.63, 3.8) is 0 Å². The van der Waals surface area contributed by atoms with Gasteiger partial charge in [0.05, 0.1) is 6.61 Å². The third kappa shape index (κ3) is 8.02. The van der Waals surface area contributed by atoms with Crippen molar-refractivity contribution in [2.24, 2.45) is 5.92 Å². The van der Waals surface area contributed by atoms with Crippen LogP contribution in [0, 0.1) is 5.92 Å². The Kier molecular flexibility index (Phi) is 8.86. The molecule has 2 atom stereocenters. The second-order valence-electron chi connectivity index (χ2n) is 4.04. The van der Waals surface area contributed by atoms with Crippen LogP contribution in [0.2, 0.25) is 0 Å². The minimum atomic E-state index is -0.993. The number of unbranched alkanes of at least 4 members (excludes halogenated alkanes) is 1. The van der Waals surface area contributed by atoms with Crippen molar-refractivity contribution < 1.29 is 19.1 Å². The molecule has 0 saturated heterocycles. The normalized spacial score (nSPS) is 13.9. The lowest BCUT2D eigenvalue weighted by atomic mass is 10.0. The monoisotopic (exact) mass is 264 g/mol. The predicted molar refractivity (Wildman–Crippen MR) is 66.1 cm³/mol. The summed E-state index contributed by atoms with van der Waals surface area (Å²) in [5, 5.41) is 0. The maximum Gasteiger partial charge on any atom is 0.404 e. The molecule has 0 bridgehead atoms. The Labute approximate surface area is 108 Å². The summed E-state index contributed by atoms with van der Waals surface area (Å²) in [6.45, 7) is 6.01. The predicted octanol–water partition coefficient (Wildman–Crippen LogP) is 3.51. The van der Waals surface area contributed by atoms with E-state index in [1.54, 1.807) is 0 Å². The van der Waals surface area contributed by atoms with Crippen molar-refractivity contribution in [1.82, 2.24) is 0 Å². The molecule has 0 aromatic heterocycles. The first-order valence-electron chi connectivity index (χ1n) is 6.03. The van der Waals surface area contributed by atoms with Gasteiger partial charge in [0.25, 0.3) is 0 Å². The molecule has 0 amide bonds. The molecule has 0 rings (SSSR count). The summed E-state index contributed by atoms with van der Waals surface area (Å²) < 4.78 is 9.59. The van der Waals surface area contributed by atoms with Gasteiger partial charge in [0.15, 0.2) is 6.10 Å². The van der Waals surface area contributed by atoms with Crippen LogP contribution in [0.1, 0.15) is 46.5 Å². The van der Waals surface area contributed by atoms with Gasteiger partial charge in [0, 0.05) is 11.6 Å². The van der Waals surface area contributed by atoms with Gasteiger partial charge in [-0.1, -0.05) is 33.1 Å². The number of carbonyl (C=O) groups is 2. The molecule has 0 heterocycles. The third-order valence-electron chi connectivity index (χ3n) is 2.61. The largest absolute Gasteiger partial charge is 0.463 e.